The zero-order valence-corrected chi connectivity index (χ0v) is 35.1. The number of aliphatic carboxylic acids is 2. The molecule has 4 aromatic heterocycles. The second-order valence-electron chi connectivity index (χ2n) is 17.3. The van der Waals surface area contributed by atoms with E-state index in [2.05, 4.69) is 9.88 Å². The van der Waals surface area contributed by atoms with Gasteiger partial charge in [0.2, 0.25) is 0 Å². The average molecular weight is 863 g/mol. The smallest absolute Gasteiger partial charge is 0.481 e. The van der Waals surface area contributed by atoms with Gasteiger partial charge in [0.1, 0.15) is 40.6 Å². The van der Waals surface area contributed by atoms with Crippen molar-refractivity contribution in [3.8, 4) is 0 Å². The summed E-state index contributed by atoms with van der Waals surface area (Å²) in [5.41, 5.74) is 4.86. The van der Waals surface area contributed by atoms with Crippen LogP contribution >= 0.6 is 0 Å². The SMILES string of the molecule is O=C(O)C1CCC(CO[Si]2(OCC3CCC(C(=O)O)CC3)N3/C4=N\C5=NC(=N\c6c7ncccc7c(n62)/N=C2\N=C(NC3c3ncccc34)c3cccnc32)/C2=C5N=CCC2)CC1. The maximum absolute atomic E-state index is 12.1. The highest BCUT2D eigenvalue weighted by atomic mass is 28.4. The lowest BCUT2D eigenvalue weighted by Crippen LogP contribution is -2.68. The Morgan fingerprint density at radius 1 is 0.730 bits per heavy atom. The van der Waals surface area contributed by atoms with E-state index in [1.807, 2.05) is 46.8 Å². The van der Waals surface area contributed by atoms with Gasteiger partial charge >= 0.3 is 20.8 Å². The molecule has 18 nitrogen and oxygen atoms in total. The number of aliphatic imine (C=N–C) groups is 6. The molecule has 0 saturated heterocycles. The number of rotatable bonds is 8. The van der Waals surface area contributed by atoms with Crippen LogP contribution in [0.15, 0.2) is 96.2 Å². The Bertz CT molecular complexity index is 2830. The number of carboxylic acids is 2. The largest absolute Gasteiger partial charge is 0.599 e. The third-order valence-electron chi connectivity index (χ3n) is 13.6. The van der Waals surface area contributed by atoms with E-state index < -0.39 is 38.8 Å². The number of hydrogen-bond acceptors (Lipinski definition) is 15. The number of hydrogen-bond donors (Lipinski definition) is 3. The Hall–Kier alpha value is -6.57. The van der Waals surface area contributed by atoms with Gasteiger partial charge in [0.25, 0.3) is 0 Å². The summed E-state index contributed by atoms with van der Waals surface area (Å²) in [6.45, 7) is 0.475. The first kappa shape index (κ1) is 38.1. The van der Waals surface area contributed by atoms with Crippen molar-refractivity contribution in [2.75, 3.05) is 13.2 Å². The maximum atomic E-state index is 12.1. The molecule has 6 aliphatic heterocycles. The van der Waals surface area contributed by atoms with Crippen molar-refractivity contribution in [3.05, 3.63) is 88.8 Å². The minimum absolute atomic E-state index is 0.0170. The number of carboxylic acid groups (broad SMARTS) is 2. The van der Waals surface area contributed by atoms with E-state index in [0.717, 1.165) is 16.7 Å². The summed E-state index contributed by atoms with van der Waals surface area (Å²) in [7, 11) is -4.40. The van der Waals surface area contributed by atoms with E-state index in [0.29, 0.717) is 133 Å². The van der Waals surface area contributed by atoms with Crippen LogP contribution in [0.2, 0.25) is 0 Å². The van der Waals surface area contributed by atoms with E-state index in [1.165, 1.54) is 0 Å². The molecule has 10 heterocycles. The Labute approximate surface area is 361 Å². The molecule has 2 saturated carbocycles. The highest BCUT2D eigenvalue weighted by Crippen LogP contribution is 2.48. The lowest BCUT2D eigenvalue weighted by Gasteiger charge is -2.44. The molecule has 318 valence electrons. The van der Waals surface area contributed by atoms with Crippen LogP contribution in [0.25, 0.3) is 10.9 Å². The zero-order chi connectivity index (χ0) is 42.4. The van der Waals surface area contributed by atoms with Crippen LogP contribution in [0.1, 0.15) is 92.9 Å². The summed E-state index contributed by atoms with van der Waals surface area (Å²) < 4.78 is 19.6. The molecule has 8 aliphatic rings. The maximum Gasteiger partial charge on any atom is 0.599 e. The summed E-state index contributed by atoms with van der Waals surface area (Å²) in [6.07, 6.45) is 12.5. The average Bonchev–Trinajstić information content (AvgIpc) is 4.03. The first-order valence-corrected chi connectivity index (χ1v) is 23.5. The van der Waals surface area contributed by atoms with Crippen LogP contribution in [0.4, 0.5) is 11.6 Å². The lowest BCUT2D eigenvalue weighted by atomic mass is 9.82. The van der Waals surface area contributed by atoms with Crippen molar-refractivity contribution < 1.29 is 28.7 Å². The van der Waals surface area contributed by atoms with Crippen LogP contribution < -0.4 is 5.32 Å². The first-order valence-electron chi connectivity index (χ1n) is 21.7. The summed E-state index contributed by atoms with van der Waals surface area (Å²) in [5.74, 6) is 0.913. The second kappa shape index (κ2) is 14.8. The molecule has 0 radical (unpaired) electrons. The van der Waals surface area contributed by atoms with Crippen LogP contribution in [0.5, 0.6) is 0 Å². The molecule has 2 fully saturated rings. The molecule has 3 N–H and O–H groups in total. The monoisotopic (exact) mass is 862 g/mol. The number of fused-ring (bicyclic) bond motifs is 13. The summed E-state index contributed by atoms with van der Waals surface area (Å²) in [6, 6.07) is 11.6. The summed E-state index contributed by atoms with van der Waals surface area (Å²) >= 11 is 0. The van der Waals surface area contributed by atoms with Crippen molar-refractivity contribution in [2.24, 2.45) is 53.6 Å². The highest BCUT2D eigenvalue weighted by molar-refractivity contribution is 6.68. The van der Waals surface area contributed by atoms with Crippen molar-refractivity contribution >= 4 is 78.8 Å². The highest BCUT2D eigenvalue weighted by Gasteiger charge is 2.62. The van der Waals surface area contributed by atoms with E-state index in [1.54, 1.807) is 18.6 Å². The molecule has 6 bridgehead atoms. The molecule has 1 atom stereocenters. The van der Waals surface area contributed by atoms with Gasteiger partial charge in [-0.05, 0) is 112 Å². The molecule has 2 aliphatic carbocycles. The van der Waals surface area contributed by atoms with Crippen LogP contribution in [0.3, 0.4) is 0 Å². The normalized spacial score (nSPS) is 30.1. The Morgan fingerprint density at radius 3 is 2.13 bits per heavy atom. The summed E-state index contributed by atoms with van der Waals surface area (Å²) in [5, 5.41) is 24.3. The quantitative estimate of drug-likeness (QED) is 0.182. The standard InChI is InChI=1S/C44H42N12O6Si/c57-43(58)25-13-9-23(10-14-25)21-61-63(62-22-24-11-15-26(16-12-24)44(59)60)55-40-29-7-3-19-47-33(29)41(55)51-35-27-5-1-17-45-31(27)37(49-35)53-39-30-8-4-20-48-34(30)42(56(39)63)52-36-28-6-2-18-46-32(28)38(50-36)54-40/h1,3-5,7-8,17-20,23-26,41H,2,6,9-16,21-22H2,(H,57,58)(H,59,60)(H,49,51,53)/b52-36-,54-40-. The molecule has 0 amide bonds. The summed E-state index contributed by atoms with van der Waals surface area (Å²) in [4.78, 5) is 70.4. The fourth-order valence-electron chi connectivity index (χ4n) is 10.3. The van der Waals surface area contributed by atoms with Gasteiger partial charge in [-0.3, -0.25) is 38.3 Å². The Morgan fingerprint density at radius 2 is 1.40 bits per heavy atom. The lowest BCUT2D eigenvalue weighted by molar-refractivity contribution is -0.144. The van der Waals surface area contributed by atoms with Gasteiger partial charge in [0.05, 0.1) is 17.5 Å². The number of aromatic nitrogens is 4. The second-order valence-corrected chi connectivity index (χ2v) is 19.9. The van der Waals surface area contributed by atoms with E-state index in [9.17, 15) is 19.8 Å². The minimum Gasteiger partial charge on any atom is -0.481 e. The van der Waals surface area contributed by atoms with Crippen molar-refractivity contribution in [2.45, 2.75) is 70.4 Å². The van der Waals surface area contributed by atoms with Gasteiger partial charge in [-0.1, -0.05) is 0 Å². The molecule has 63 heavy (non-hydrogen) atoms. The van der Waals surface area contributed by atoms with Gasteiger partial charge < -0.3 is 24.4 Å². The Balaban J connectivity index is 1.15. The van der Waals surface area contributed by atoms with Crippen LogP contribution in [-0.2, 0) is 18.4 Å². The fraction of sp³-hybridized carbons (Fsp3) is 0.386. The van der Waals surface area contributed by atoms with E-state index in [4.69, 9.17) is 53.8 Å². The van der Waals surface area contributed by atoms with Gasteiger partial charge in [-0.15, -0.1) is 0 Å². The zero-order valence-electron chi connectivity index (χ0n) is 34.1. The predicted octanol–water partition coefficient (Wildman–Crippen LogP) is 5.70. The molecule has 1 unspecified atom stereocenters. The third-order valence-corrected chi connectivity index (χ3v) is 16.8. The Kier molecular flexibility index (Phi) is 8.94. The number of nitrogens with zero attached hydrogens (tertiary/aromatic N) is 11. The van der Waals surface area contributed by atoms with Crippen molar-refractivity contribution in [1.82, 2.24) is 29.1 Å². The predicted molar refractivity (Wildman–Crippen MR) is 234 cm³/mol. The molecule has 0 aromatic carbocycles. The van der Waals surface area contributed by atoms with Crippen LogP contribution in [0, 0.1) is 23.7 Å². The van der Waals surface area contributed by atoms with E-state index >= 15 is 0 Å². The third kappa shape index (κ3) is 6.07. The van der Waals surface area contributed by atoms with Crippen molar-refractivity contribution in [3.63, 3.8) is 0 Å². The molecule has 4 aromatic rings. The minimum atomic E-state index is -4.40. The number of nitrogens with one attached hydrogen (secondary N) is 1. The molecular weight excluding hydrogens is 821 g/mol. The van der Waals surface area contributed by atoms with Gasteiger partial charge in [-0.25, -0.2) is 25.0 Å². The van der Waals surface area contributed by atoms with Gasteiger partial charge in [0.15, 0.2) is 23.3 Å². The van der Waals surface area contributed by atoms with Crippen molar-refractivity contribution in [1.29, 1.82) is 0 Å². The fourth-order valence-corrected chi connectivity index (χ4v) is 13.9. The van der Waals surface area contributed by atoms with Gasteiger partial charge in [0, 0.05) is 60.1 Å². The molecule has 0 spiro atoms. The van der Waals surface area contributed by atoms with Gasteiger partial charge in [-0.2, -0.15) is 0 Å². The number of carbonyl (C=O) groups is 2. The van der Waals surface area contributed by atoms with Crippen LogP contribution in [-0.4, -0.2) is 103 Å². The number of amidine groups is 5. The first-order chi connectivity index (χ1) is 30.8. The molecule has 12 rings (SSSR count). The molecular formula is C44H42N12O6Si. The number of pyridine rings is 3. The van der Waals surface area contributed by atoms with E-state index in [-0.39, 0.29) is 25.0 Å². The molecule has 19 heteroatoms. The topological polar surface area (TPSA) is 226 Å².